The third-order valence-electron chi connectivity index (χ3n) is 4.44. The molecule has 1 aromatic heterocycles. The van der Waals surface area contributed by atoms with Crippen molar-refractivity contribution < 1.29 is 27.5 Å². The van der Waals surface area contributed by atoms with Crippen LogP contribution in [0.5, 0.6) is 5.75 Å². The van der Waals surface area contributed by atoms with Crippen molar-refractivity contribution in [3.8, 4) is 5.75 Å². The maximum Gasteiger partial charge on any atom is 0.420 e. The summed E-state index contributed by atoms with van der Waals surface area (Å²) in [6.45, 7) is 2.16. The second-order valence-electron chi connectivity index (χ2n) is 7.27. The number of aromatic nitrogens is 1. The molecule has 0 aliphatic carbocycles. The molecule has 0 radical (unpaired) electrons. The molecule has 178 valence electrons. The molecule has 0 saturated carbocycles. The smallest absolute Gasteiger partial charge is 0.420 e. The molecule has 0 bridgehead atoms. The van der Waals surface area contributed by atoms with Gasteiger partial charge in [0.2, 0.25) is 0 Å². The molecule has 0 fully saturated rings. The van der Waals surface area contributed by atoms with Crippen molar-refractivity contribution >= 4 is 34.8 Å². The minimum Gasteiger partial charge on any atom is -0.493 e. The summed E-state index contributed by atoms with van der Waals surface area (Å²) < 4.78 is 45.8. The van der Waals surface area contributed by atoms with Gasteiger partial charge in [0.15, 0.2) is 5.11 Å². The zero-order valence-electron chi connectivity index (χ0n) is 18.5. The van der Waals surface area contributed by atoms with Gasteiger partial charge < -0.3 is 15.0 Å². The fourth-order valence-corrected chi connectivity index (χ4v) is 3.00. The Morgan fingerprint density at radius 2 is 1.91 bits per heavy atom. The number of nitrogens with one attached hydrogen (secondary N) is 2. The predicted octanol–water partition coefficient (Wildman–Crippen LogP) is 4.50. The van der Waals surface area contributed by atoms with Gasteiger partial charge >= 0.3 is 6.18 Å². The number of hydrogen-bond acceptors (Lipinski definition) is 5. The van der Waals surface area contributed by atoms with Crippen LogP contribution in [-0.2, 0) is 6.18 Å². The number of ether oxygens (including phenoxy) is 1. The van der Waals surface area contributed by atoms with Crippen molar-refractivity contribution in [1.29, 1.82) is 0 Å². The molecule has 2 rings (SSSR count). The number of anilines is 1. The summed E-state index contributed by atoms with van der Waals surface area (Å²) in [7, 11) is 3.03. The Hall–Kier alpha value is -3.21. The lowest BCUT2D eigenvalue weighted by molar-refractivity contribution is -0.138. The van der Waals surface area contributed by atoms with Gasteiger partial charge in [0, 0.05) is 26.0 Å². The number of unbranched alkanes of at least 4 members (excludes halogenated alkanes) is 2. The van der Waals surface area contributed by atoms with Crippen LogP contribution in [0.3, 0.4) is 0 Å². The minimum absolute atomic E-state index is 0.0179. The summed E-state index contributed by atoms with van der Waals surface area (Å²) in [6.07, 6.45) is -0.843. The maximum absolute atomic E-state index is 13.5. The molecule has 11 heteroatoms. The number of rotatable bonds is 8. The quantitative estimate of drug-likeness (QED) is 0.426. The maximum atomic E-state index is 13.5. The lowest BCUT2D eigenvalue weighted by Gasteiger charge is -2.17. The number of carbonyl (C=O) groups is 2. The fourth-order valence-electron chi connectivity index (χ4n) is 2.79. The predicted molar refractivity (Wildman–Crippen MR) is 122 cm³/mol. The molecule has 0 aliphatic rings. The van der Waals surface area contributed by atoms with Crippen LogP contribution in [0.25, 0.3) is 0 Å². The lowest BCUT2D eigenvalue weighted by atomic mass is 10.1. The van der Waals surface area contributed by atoms with Crippen LogP contribution in [0.1, 0.15) is 52.6 Å². The van der Waals surface area contributed by atoms with Crippen molar-refractivity contribution in [2.75, 3.05) is 26.0 Å². The SMILES string of the molecule is CCCCCOc1ccc(NC(=S)NC(=O)c2cccnc2C(=O)N(C)C)cc1C(F)(F)F. The van der Waals surface area contributed by atoms with Crippen LogP contribution in [0, 0.1) is 0 Å². The number of pyridine rings is 1. The highest BCUT2D eigenvalue weighted by Crippen LogP contribution is 2.38. The summed E-state index contributed by atoms with van der Waals surface area (Å²) in [4.78, 5) is 30.0. The first-order valence-corrected chi connectivity index (χ1v) is 10.6. The molecule has 0 spiro atoms. The molecular formula is C22H25F3N4O3S. The third kappa shape index (κ3) is 7.41. The number of benzene rings is 1. The minimum atomic E-state index is -4.64. The Morgan fingerprint density at radius 3 is 2.55 bits per heavy atom. The molecule has 1 heterocycles. The molecule has 0 saturated heterocycles. The van der Waals surface area contributed by atoms with Crippen LogP contribution in [0.15, 0.2) is 36.5 Å². The number of amides is 2. The monoisotopic (exact) mass is 482 g/mol. The van der Waals surface area contributed by atoms with Gasteiger partial charge in [0.25, 0.3) is 11.8 Å². The van der Waals surface area contributed by atoms with Crippen molar-refractivity contribution in [3.63, 3.8) is 0 Å². The topological polar surface area (TPSA) is 83.6 Å². The highest BCUT2D eigenvalue weighted by atomic mass is 32.1. The number of hydrogen-bond donors (Lipinski definition) is 2. The van der Waals surface area contributed by atoms with E-state index in [9.17, 15) is 22.8 Å². The Labute approximate surface area is 195 Å². The standard InChI is InChI=1S/C22H25F3N4O3S/c1-4-5-6-12-32-17-10-9-14(13-16(17)22(23,24)25)27-21(33)28-19(30)15-8-7-11-26-18(15)20(31)29(2)3/h7-11,13H,4-6,12H2,1-3H3,(H2,27,28,30,33). The van der Waals surface area contributed by atoms with Crippen LogP contribution in [0.2, 0.25) is 0 Å². The van der Waals surface area contributed by atoms with Gasteiger partial charge in [0.05, 0.1) is 17.7 Å². The normalized spacial score (nSPS) is 11.0. The van der Waals surface area contributed by atoms with Gasteiger partial charge in [-0.05, 0) is 49.0 Å². The first kappa shape index (κ1) is 26.0. The Balaban J connectivity index is 2.14. The lowest BCUT2D eigenvalue weighted by Crippen LogP contribution is -2.36. The van der Waals surface area contributed by atoms with Crippen molar-refractivity contribution in [3.05, 3.63) is 53.3 Å². The fraction of sp³-hybridized carbons (Fsp3) is 0.364. The van der Waals surface area contributed by atoms with Gasteiger partial charge in [-0.3, -0.25) is 19.9 Å². The van der Waals surface area contributed by atoms with Gasteiger partial charge in [-0.25, -0.2) is 0 Å². The van der Waals surface area contributed by atoms with E-state index in [0.29, 0.717) is 6.42 Å². The molecule has 7 nitrogen and oxygen atoms in total. The van der Waals surface area contributed by atoms with E-state index in [1.807, 2.05) is 6.92 Å². The zero-order chi connectivity index (χ0) is 24.6. The van der Waals surface area contributed by atoms with E-state index in [1.165, 1.54) is 49.5 Å². The van der Waals surface area contributed by atoms with Gasteiger partial charge in [-0.1, -0.05) is 19.8 Å². The second-order valence-corrected chi connectivity index (χ2v) is 7.68. The number of halogens is 3. The molecule has 2 aromatic rings. The van der Waals surface area contributed by atoms with E-state index < -0.39 is 23.6 Å². The van der Waals surface area contributed by atoms with Crippen molar-refractivity contribution in [1.82, 2.24) is 15.2 Å². The molecule has 2 amide bonds. The largest absolute Gasteiger partial charge is 0.493 e. The van der Waals surface area contributed by atoms with E-state index in [2.05, 4.69) is 15.6 Å². The summed E-state index contributed by atoms with van der Waals surface area (Å²) in [5, 5.41) is 4.68. The van der Waals surface area contributed by atoms with E-state index in [0.717, 1.165) is 18.9 Å². The first-order chi connectivity index (χ1) is 15.5. The van der Waals surface area contributed by atoms with E-state index in [4.69, 9.17) is 17.0 Å². The number of carbonyl (C=O) groups excluding carboxylic acids is 2. The van der Waals surface area contributed by atoms with Crippen molar-refractivity contribution in [2.24, 2.45) is 0 Å². The average Bonchev–Trinajstić information content (AvgIpc) is 2.76. The number of alkyl halides is 3. The summed E-state index contributed by atoms with van der Waals surface area (Å²) in [6, 6.07) is 6.31. The summed E-state index contributed by atoms with van der Waals surface area (Å²) in [5.41, 5.74) is -1.03. The highest BCUT2D eigenvalue weighted by molar-refractivity contribution is 7.80. The van der Waals surface area contributed by atoms with Crippen molar-refractivity contribution in [2.45, 2.75) is 32.4 Å². The van der Waals surface area contributed by atoms with Gasteiger partial charge in [-0.2, -0.15) is 13.2 Å². The van der Waals surface area contributed by atoms with Crippen LogP contribution in [-0.4, -0.2) is 47.5 Å². The molecule has 1 aromatic carbocycles. The zero-order valence-corrected chi connectivity index (χ0v) is 19.3. The van der Waals surface area contributed by atoms with Gasteiger partial charge in [-0.15, -0.1) is 0 Å². The van der Waals surface area contributed by atoms with E-state index in [-0.39, 0.29) is 34.4 Å². The van der Waals surface area contributed by atoms with Crippen LogP contribution < -0.4 is 15.4 Å². The molecule has 2 N–H and O–H groups in total. The Kier molecular flexibility index (Phi) is 9.15. The van der Waals surface area contributed by atoms with Crippen LogP contribution in [0.4, 0.5) is 18.9 Å². The average molecular weight is 483 g/mol. The molecule has 0 atom stereocenters. The number of nitrogens with zero attached hydrogens (tertiary/aromatic N) is 2. The number of thiocarbonyl (C=S) groups is 1. The Morgan fingerprint density at radius 1 is 1.18 bits per heavy atom. The molecule has 0 aliphatic heterocycles. The Bertz CT molecular complexity index is 1010. The first-order valence-electron chi connectivity index (χ1n) is 10.2. The highest BCUT2D eigenvalue weighted by Gasteiger charge is 2.35. The van der Waals surface area contributed by atoms with Gasteiger partial charge in [0.1, 0.15) is 11.4 Å². The second kappa shape index (κ2) is 11.6. The summed E-state index contributed by atoms with van der Waals surface area (Å²) >= 11 is 5.07. The molecular weight excluding hydrogens is 457 g/mol. The molecule has 0 unspecified atom stereocenters. The molecule has 33 heavy (non-hydrogen) atoms. The van der Waals surface area contributed by atoms with Crippen LogP contribution >= 0.6 is 12.2 Å². The van der Waals surface area contributed by atoms with E-state index in [1.54, 1.807) is 0 Å². The third-order valence-corrected chi connectivity index (χ3v) is 4.64. The summed E-state index contributed by atoms with van der Waals surface area (Å²) in [5.74, 6) is -1.48. The van der Waals surface area contributed by atoms with E-state index >= 15 is 0 Å².